The number of nitrogens with two attached hydrogens (primary N) is 1. The van der Waals surface area contributed by atoms with E-state index in [4.69, 9.17) is 27.8 Å². The Morgan fingerprint density at radius 3 is 2.83 bits per heavy atom. The molecule has 1 aromatic heterocycles. The number of aliphatic hydroxyl groups excluding tert-OH is 2. The van der Waals surface area contributed by atoms with Crippen LogP contribution in [0.3, 0.4) is 0 Å². The summed E-state index contributed by atoms with van der Waals surface area (Å²) in [5, 5.41) is 29.2. The molecule has 1 aliphatic heterocycles. The van der Waals surface area contributed by atoms with Gasteiger partial charge in [-0.05, 0) is 25.2 Å². The van der Waals surface area contributed by atoms with Crippen LogP contribution in [0, 0.1) is 4.77 Å². The van der Waals surface area contributed by atoms with Crippen molar-refractivity contribution in [1.82, 2.24) is 9.55 Å². The highest BCUT2D eigenvalue weighted by Crippen LogP contribution is 2.38. The van der Waals surface area contributed by atoms with Crippen molar-refractivity contribution < 1.29 is 20.1 Å². The highest BCUT2D eigenvalue weighted by atomic mass is 32.1. The number of nitrogens with zero attached hydrogens (tertiary/aromatic N) is 2. The third-order valence-corrected chi connectivity index (χ3v) is 3.34. The predicted octanol–water partition coefficient (Wildman–Crippen LogP) is -0.804. The van der Waals surface area contributed by atoms with Gasteiger partial charge in [-0.2, -0.15) is 0 Å². The van der Waals surface area contributed by atoms with Crippen LogP contribution in [0.1, 0.15) is 13.2 Å². The van der Waals surface area contributed by atoms with Crippen molar-refractivity contribution >= 4 is 18.0 Å². The second-order valence-electron chi connectivity index (χ2n) is 4.42. The van der Waals surface area contributed by atoms with Gasteiger partial charge >= 0.3 is 0 Å². The molecule has 0 aliphatic carbocycles. The normalized spacial score (nSPS) is 35.9. The third kappa shape index (κ3) is 2.02. The minimum absolute atomic E-state index is 0.131. The van der Waals surface area contributed by atoms with Crippen LogP contribution in [0.4, 0.5) is 5.82 Å². The Labute approximate surface area is 108 Å². The first-order valence-electron chi connectivity index (χ1n) is 5.39. The van der Waals surface area contributed by atoms with Crippen molar-refractivity contribution in [2.45, 2.75) is 31.0 Å². The first kappa shape index (κ1) is 13.4. The fourth-order valence-electron chi connectivity index (χ4n) is 1.99. The van der Waals surface area contributed by atoms with Crippen molar-refractivity contribution in [3.05, 3.63) is 17.0 Å². The van der Waals surface area contributed by atoms with Crippen LogP contribution in [-0.2, 0) is 4.74 Å². The molecule has 5 N–H and O–H groups in total. The van der Waals surface area contributed by atoms with Gasteiger partial charge in [-0.25, -0.2) is 4.98 Å². The van der Waals surface area contributed by atoms with Gasteiger partial charge in [0.2, 0.25) is 4.77 Å². The van der Waals surface area contributed by atoms with Gasteiger partial charge in [-0.15, -0.1) is 0 Å². The molecule has 2 heterocycles. The average molecular weight is 273 g/mol. The van der Waals surface area contributed by atoms with E-state index in [0.717, 1.165) is 0 Å². The molecule has 0 radical (unpaired) electrons. The van der Waals surface area contributed by atoms with E-state index in [1.54, 1.807) is 0 Å². The minimum Gasteiger partial charge on any atom is -0.394 e. The summed E-state index contributed by atoms with van der Waals surface area (Å²) in [5.74, 6) is 0.258. The summed E-state index contributed by atoms with van der Waals surface area (Å²) in [4.78, 5) is 3.88. The lowest BCUT2D eigenvalue weighted by Gasteiger charge is -2.27. The van der Waals surface area contributed by atoms with Crippen LogP contribution in [0.5, 0.6) is 0 Å². The summed E-state index contributed by atoms with van der Waals surface area (Å²) < 4.78 is 6.93. The topological polar surface area (TPSA) is 114 Å². The third-order valence-electron chi connectivity index (χ3n) is 3.04. The largest absolute Gasteiger partial charge is 0.394 e. The molecule has 0 amide bonds. The number of aromatic nitrogens is 2. The van der Waals surface area contributed by atoms with E-state index in [-0.39, 0.29) is 10.6 Å². The number of hydrogen-bond donors (Lipinski definition) is 4. The molecule has 100 valence electrons. The molecule has 1 saturated heterocycles. The minimum atomic E-state index is -1.58. The quantitative estimate of drug-likeness (QED) is 0.521. The lowest BCUT2D eigenvalue weighted by molar-refractivity contribution is -0.0978. The molecule has 1 aliphatic rings. The molecule has 0 saturated carbocycles. The summed E-state index contributed by atoms with van der Waals surface area (Å²) >= 11 is 5.03. The molecule has 4 atom stereocenters. The van der Waals surface area contributed by atoms with Crippen molar-refractivity contribution in [2.75, 3.05) is 12.3 Å². The van der Waals surface area contributed by atoms with Crippen molar-refractivity contribution in [3.63, 3.8) is 0 Å². The number of ether oxygens (including phenoxy) is 1. The SMILES string of the molecule is CC1(O)C(O)C(CO)OC1n1ccc(N)nc1=S. The number of hydrogen-bond acceptors (Lipinski definition) is 7. The summed E-state index contributed by atoms with van der Waals surface area (Å²) in [7, 11) is 0. The Kier molecular flexibility index (Phi) is 3.39. The van der Waals surface area contributed by atoms with Crippen molar-refractivity contribution in [3.8, 4) is 0 Å². The molecule has 0 aromatic carbocycles. The zero-order valence-electron chi connectivity index (χ0n) is 9.72. The highest BCUT2D eigenvalue weighted by Gasteiger charge is 2.52. The number of anilines is 1. The molecular weight excluding hydrogens is 258 g/mol. The maximum Gasteiger partial charge on any atom is 0.203 e. The van der Waals surface area contributed by atoms with Crippen LogP contribution < -0.4 is 5.73 Å². The summed E-state index contributed by atoms with van der Waals surface area (Å²) in [6.45, 7) is 1.01. The van der Waals surface area contributed by atoms with Gasteiger partial charge in [-0.1, -0.05) is 0 Å². The maximum absolute atomic E-state index is 10.3. The standard InChI is InChI=1S/C10H15N3O4S/c1-10(16)7(15)5(4-14)17-8(10)13-3-2-6(11)12-9(13)18/h2-3,5,7-8,14-16H,4H2,1H3,(H2,11,12,18). The molecule has 1 fully saturated rings. The van der Waals surface area contributed by atoms with Crippen LogP contribution in [0.25, 0.3) is 0 Å². The molecule has 0 bridgehead atoms. The second-order valence-corrected chi connectivity index (χ2v) is 4.79. The van der Waals surface area contributed by atoms with Crippen LogP contribution >= 0.6 is 12.2 Å². The van der Waals surface area contributed by atoms with Gasteiger partial charge < -0.3 is 25.8 Å². The Morgan fingerprint density at radius 1 is 1.67 bits per heavy atom. The summed E-state index contributed by atoms with van der Waals surface area (Å²) in [6, 6.07) is 1.51. The lowest BCUT2D eigenvalue weighted by Crippen LogP contribution is -2.44. The lowest BCUT2D eigenvalue weighted by atomic mass is 9.96. The average Bonchev–Trinajstić information content (AvgIpc) is 2.52. The van der Waals surface area contributed by atoms with Gasteiger partial charge in [0.25, 0.3) is 0 Å². The van der Waals surface area contributed by atoms with Gasteiger partial charge in [0.15, 0.2) is 6.23 Å². The fourth-order valence-corrected chi connectivity index (χ4v) is 2.26. The van der Waals surface area contributed by atoms with Gasteiger partial charge in [0, 0.05) is 6.20 Å². The van der Waals surface area contributed by atoms with Gasteiger partial charge in [0.05, 0.1) is 6.61 Å². The van der Waals surface area contributed by atoms with E-state index in [9.17, 15) is 10.2 Å². The Hall–Kier alpha value is -1.06. The molecular formula is C10H15N3O4S. The first-order valence-corrected chi connectivity index (χ1v) is 5.80. The molecule has 0 spiro atoms. The Morgan fingerprint density at radius 2 is 2.33 bits per heavy atom. The number of aliphatic hydroxyl groups is 3. The zero-order chi connectivity index (χ0) is 13.5. The molecule has 2 rings (SSSR count). The predicted molar refractivity (Wildman–Crippen MR) is 65.1 cm³/mol. The van der Waals surface area contributed by atoms with E-state index in [2.05, 4.69) is 4.98 Å². The maximum atomic E-state index is 10.3. The van der Waals surface area contributed by atoms with Crippen LogP contribution in [-0.4, -0.2) is 49.3 Å². The number of rotatable bonds is 2. The van der Waals surface area contributed by atoms with E-state index in [1.165, 1.54) is 23.8 Å². The molecule has 1 aromatic rings. The van der Waals surface area contributed by atoms with Crippen LogP contribution in [0.2, 0.25) is 0 Å². The second kappa shape index (κ2) is 4.56. The van der Waals surface area contributed by atoms with E-state index in [0.29, 0.717) is 0 Å². The highest BCUT2D eigenvalue weighted by molar-refractivity contribution is 7.71. The van der Waals surface area contributed by atoms with E-state index >= 15 is 0 Å². The van der Waals surface area contributed by atoms with E-state index in [1.807, 2.05) is 0 Å². The summed E-state index contributed by atoms with van der Waals surface area (Å²) in [6.07, 6.45) is -1.49. The number of nitrogen functional groups attached to an aromatic ring is 1. The zero-order valence-corrected chi connectivity index (χ0v) is 10.5. The monoisotopic (exact) mass is 273 g/mol. The molecule has 8 heteroatoms. The fraction of sp³-hybridized carbons (Fsp3) is 0.600. The van der Waals surface area contributed by atoms with Crippen molar-refractivity contribution in [2.24, 2.45) is 0 Å². The van der Waals surface area contributed by atoms with Gasteiger partial charge in [-0.3, -0.25) is 4.57 Å². The summed E-state index contributed by atoms with van der Waals surface area (Å²) in [5.41, 5.74) is 3.91. The van der Waals surface area contributed by atoms with Crippen LogP contribution in [0.15, 0.2) is 12.3 Å². The Balaban J connectivity index is 2.42. The molecule has 18 heavy (non-hydrogen) atoms. The molecule has 4 unspecified atom stereocenters. The molecule has 7 nitrogen and oxygen atoms in total. The smallest absolute Gasteiger partial charge is 0.203 e. The Bertz CT molecular complexity index is 504. The van der Waals surface area contributed by atoms with E-state index < -0.39 is 30.6 Å². The van der Waals surface area contributed by atoms with Crippen molar-refractivity contribution in [1.29, 1.82) is 0 Å². The first-order chi connectivity index (χ1) is 8.37. The van der Waals surface area contributed by atoms with Gasteiger partial charge in [0.1, 0.15) is 23.6 Å².